The highest BCUT2D eigenvalue weighted by Gasteiger charge is 2.23. The molecule has 2 heterocycles. The molecule has 6 nitrogen and oxygen atoms in total. The summed E-state index contributed by atoms with van der Waals surface area (Å²) in [6.07, 6.45) is 0.838. The molecule has 2 aromatic heterocycles. The van der Waals surface area contributed by atoms with Gasteiger partial charge in [-0.1, -0.05) is 37.3 Å². The summed E-state index contributed by atoms with van der Waals surface area (Å²) in [6.45, 7) is 7.79. The van der Waals surface area contributed by atoms with Crippen LogP contribution in [0, 0.1) is 13.8 Å². The molecule has 6 heteroatoms. The van der Waals surface area contributed by atoms with Crippen molar-refractivity contribution in [2.75, 3.05) is 5.32 Å². The van der Waals surface area contributed by atoms with Crippen molar-refractivity contribution >= 4 is 28.1 Å². The molecular weight excluding hydrogens is 364 g/mol. The summed E-state index contributed by atoms with van der Waals surface area (Å²) >= 11 is 0. The van der Waals surface area contributed by atoms with Gasteiger partial charge in [0.15, 0.2) is 5.65 Å². The minimum Gasteiger partial charge on any atom is -0.324 e. The number of rotatable bonds is 4. The molecule has 0 aliphatic heterocycles. The van der Waals surface area contributed by atoms with Gasteiger partial charge in [0.25, 0.3) is 5.56 Å². The second kappa shape index (κ2) is 7.20. The third-order valence-electron chi connectivity index (χ3n) is 5.42. The van der Waals surface area contributed by atoms with Gasteiger partial charge in [-0.15, -0.1) is 0 Å². The topological polar surface area (TPSA) is 68.4 Å². The van der Waals surface area contributed by atoms with Gasteiger partial charge in [0, 0.05) is 22.8 Å². The molecule has 0 aliphatic rings. The third-order valence-corrected chi connectivity index (χ3v) is 5.42. The molecule has 4 aromatic rings. The maximum absolute atomic E-state index is 13.3. The number of carbonyl (C=O) groups is 1. The summed E-state index contributed by atoms with van der Waals surface area (Å²) < 4.78 is 3.76. The summed E-state index contributed by atoms with van der Waals surface area (Å²) in [7, 11) is 0. The highest BCUT2D eigenvalue weighted by atomic mass is 16.2. The average molecular weight is 388 g/mol. The van der Waals surface area contributed by atoms with Gasteiger partial charge < -0.3 is 5.32 Å². The Kier molecular flexibility index (Phi) is 4.70. The van der Waals surface area contributed by atoms with Gasteiger partial charge >= 0.3 is 0 Å². The number of benzene rings is 2. The summed E-state index contributed by atoms with van der Waals surface area (Å²) in [5, 5.41) is 3.97. The molecule has 0 fully saturated rings. The lowest BCUT2D eigenvalue weighted by Gasteiger charge is -2.20. The van der Waals surface area contributed by atoms with Crippen LogP contribution in [0.1, 0.15) is 36.7 Å². The molecule has 2 aromatic carbocycles. The summed E-state index contributed by atoms with van der Waals surface area (Å²) in [5.41, 5.74) is 4.89. The zero-order valence-corrected chi connectivity index (χ0v) is 17.1. The highest BCUT2D eigenvalue weighted by Crippen LogP contribution is 2.27. The first-order chi connectivity index (χ1) is 13.9. The quantitative estimate of drug-likeness (QED) is 0.574. The fourth-order valence-corrected chi connectivity index (χ4v) is 3.93. The Balaban J connectivity index is 1.86. The van der Waals surface area contributed by atoms with E-state index in [0.29, 0.717) is 5.65 Å². The van der Waals surface area contributed by atoms with Crippen molar-refractivity contribution in [1.82, 2.24) is 14.2 Å². The number of nitrogens with zero attached hydrogens (tertiary/aromatic N) is 3. The minimum atomic E-state index is -0.510. The minimum absolute atomic E-state index is 0.116. The molecule has 0 saturated carbocycles. The Labute approximate surface area is 168 Å². The van der Waals surface area contributed by atoms with Crippen LogP contribution in [0.25, 0.3) is 16.6 Å². The van der Waals surface area contributed by atoms with Crippen molar-refractivity contribution in [3.8, 4) is 0 Å². The molecule has 0 spiro atoms. The first kappa shape index (κ1) is 18.9. The van der Waals surface area contributed by atoms with Crippen molar-refractivity contribution in [2.45, 2.75) is 40.2 Å². The van der Waals surface area contributed by atoms with E-state index < -0.39 is 6.04 Å². The van der Waals surface area contributed by atoms with E-state index in [0.717, 1.165) is 39.8 Å². The van der Waals surface area contributed by atoms with E-state index in [1.165, 1.54) is 6.07 Å². The van der Waals surface area contributed by atoms with Gasteiger partial charge in [-0.25, -0.2) is 4.52 Å². The SMILES string of the molecule is CCc1cccc(C)c1NC(=O)[C@@H](C)n1c2ccccc2c2nc(=O)cc(C)n21. The Morgan fingerprint density at radius 3 is 2.66 bits per heavy atom. The normalized spacial score (nSPS) is 12.4. The molecule has 1 amide bonds. The Morgan fingerprint density at radius 2 is 1.90 bits per heavy atom. The largest absolute Gasteiger partial charge is 0.324 e. The lowest BCUT2D eigenvalue weighted by atomic mass is 10.1. The van der Waals surface area contributed by atoms with Crippen LogP contribution >= 0.6 is 0 Å². The van der Waals surface area contributed by atoms with Crippen molar-refractivity contribution in [3.63, 3.8) is 0 Å². The fraction of sp³-hybridized carbons (Fsp3) is 0.261. The monoisotopic (exact) mass is 388 g/mol. The lowest BCUT2D eigenvalue weighted by molar-refractivity contribution is -0.119. The zero-order chi connectivity index (χ0) is 20.7. The number of aryl methyl sites for hydroxylation is 3. The molecule has 1 atom stereocenters. The van der Waals surface area contributed by atoms with E-state index in [1.54, 1.807) is 0 Å². The number of para-hydroxylation sites is 2. The van der Waals surface area contributed by atoms with Crippen molar-refractivity contribution in [1.29, 1.82) is 0 Å². The van der Waals surface area contributed by atoms with Crippen LogP contribution in [-0.4, -0.2) is 20.1 Å². The van der Waals surface area contributed by atoms with Gasteiger partial charge in [0.05, 0.1) is 5.52 Å². The van der Waals surface area contributed by atoms with Crippen LogP contribution in [0.5, 0.6) is 0 Å². The number of nitrogens with one attached hydrogen (secondary N) is 1. The van der Waals surface area contributed by atoms with Gasteiger partial charge in [0.1, 0.15) is 6.04 Å². The molecular formula is C23H24N4O2. The molecule has 4 rings (SSSR count). The Hall–Kier alpha value is -3.41. The second-order valence-corrected chi connectivity index (χ2v) is 7.36. The van der Waals surface area contributed by atoms with Crippen LogP contribution in [0.15, 0.2) is 53.3 Å². The molecule has 148 valence electrons. The van der Waals surface area contributed by atoms with Gasteiger partial charge in [-0.3, -0.25) is 14.3 Å². The van der Waals surface area contributed by atoms with Crippen molar-refractivity contribution in [3.05, 3.63) is 75.7 Å². The van der Waals surface area contributed by atoms with E-state index in [9.17, 15) is 9.59 Å². The Bertz CT molecular complexity index is 1300. The molecule has 29 heavy (non-hydrogen) atoms. The summed E-state index contributed by atoms with van der Waals surface area (Å²) in [6, 6.07) is 14.7. The third kappa shape index (κ3) is 3.10. The number of fused-ring (bicyclic) bond motifs is 3. The average Bonchev–Trinajstić information content (AvgIpc) is 3.03. The number of anilines is 1. The number of hydrogen-bond acceptors (Lipinski definition) is 3. The second-order valence-electron chi connectivity index (χ2n) is 7.36. The smallest absolute Gasteiger partial charge is 0.273 e. The first-order valence-electron chi connectivity index (χ1n) is 9.81. The Morgan fingerprint density at radius 1 is 1.14 bits per heavy atom. The number of hydrogen-bond donors (Lipinski definition) is 1. The number of carbonyl (C=O) groups excluding carboxylic acids is 1. The number of amides is 1. The van der Waals surface area contributed by atoms with Gasteiger partial charge in [0.2, 0.25) is 5.91 Å². The molecule has 0 unspecified atom stereocenters. The molecule has 1 N–H and O–H groups in total. The number of aromatic nitrogens is 3. The maximum atomic E-state index is 13.3. The van der Waals surface area contributed by atoms with Crippen LogP contribution in [0.2, 0.25) is 0 Å². The van der Waals surface area contributed by atoms with Gasteiger partial charge in [-0.05, 0) is 50.5 Å². The maximum Gasteiger partial charge on any atom is 0.273 e. The molecule has 0 radical (unpaired) electrons. The summed E-state index contributed by atoms with van der Waals surface area (Å²) in [4.78, 5) is 29.5. The van der Waals surface area contributed by atoms with Gasteiger partial charge in [-0.2, -0.15) is 4.98 Å². The predicted octanol–water partition coefficient (Wildman–Crippen LogP) is 4.03. The van der Waals surface area contributed by atoms with Crippen LogP contribution in [0.4, 0.5) is 5.69 Å². The fourth-order valence-electron chi connectivity index (χ4n) is 3.93. The van der Waals surface area contributed by atoms with E-state index in [4.69, 9.17) is 0 Å². The van der Waals surface area contributed by atoms with E-state index in [-0.39, 0.29) is 11.5 Å². The standard InChI is InChI=1S/C23H24N4O2/c1-5-17-10-8-9-14(2)21(17)25-23(29)16(4)27-19-12-7-6-11-18(19)22-24-20(28)13-15(3)26(22)27/h6-13,16H,5H2,1-4H3,(H,25,29)/t16-/m1/s1. The van der Waals surface area contributed by atoms with Crippen LogP contribution in [0.3, 0.4) is 0 Å². The lowest BCUT2D eigenvalue weighted by Crippen LogP contribution is -2.28. The highest BCUT2D eigenvalue weighted by molar-refractivity contribution is 5.98. The van der Waals surface area contributed by atoms with Crippen LogP contribution < -0.4 is 10.9 Å². The van der Waals surface area contributed by atoms with E-state index in [2.05, 4.69) is 17.2 Å². The molecule has 0 bridgehead atoms. The van der Waals surface area contributed by atoms with E-state index in [1.807, 2.05) is 72.4 Å². The first-order valence-corrected chi connectivity index (χ1v) is 9.81. The zero-order valence-electron chi connectivity index (χ0n) is 17.1. The summed E-state index contributed by atoms with van der Waals surface area (Å²) in [5.74, 6) is -0.116. The predicted molar refractivity (Wildman–Crippen MR) is 116 cm³/mol. The van der Waals surface area contributed by atoms with Crippen molar-refractivity contribution < 1.29 is 4.79 Å². The van der Waals surface area contributed by atoms with Crippen LogP contribution in [-0.2, 0) is 11.2 Å². The molecule has 0 aliphatic carbocycles. The van der Waals surface area contributed by atoms with Crippen molar-refractivity contribution in [2.24, 2.45) is 0 Å². The molecule has 0 saturated heterocycles. The van der Waals surface area contributed by atoms with E-state index >= 15 is 0 Å².